The van der Waals surface area contributed by atoms with Crippen molar-refractivity contribution in [1.29, 1.82) is 0 Å². The van der Waals surface area contributed by atoms with Gasteiger partial charge in [-0.1, -0.05) is 6.42 Å². The summed E-state index contributed by atoms with van der Waals surface area (Å²) in [4.78, 5) is 17.5. The lowest BCUT2D eigenvalue weighted by molar-refractivity contribution is -0.153. The Morgan fingerprint density at radius 2 is 2.20 bits per heavy atom. The van der Waals surface area contributed by atoms with Gasteiger partial charge in [0.05, 0.1) is 5.41 Å². The average Bonchev–Trinajstić information content (AvgIpc) is 3.27. The third kappa shape index (κ3) is 2.42. The molecule has 0 spiro atoms. The van der Waals surface area contributed by atoms with Crippen LogP contribution in [0.15, 0.2) is 15.2 Å². The third-order valence-electron chi connectivity index (χ3n) is 5.14. The van der Waals surface area contributed by atoms with Gasteiger partial charge in [0.15, 0.2) is 12.1 Å². The number of fused-ring (bicyclic) bond motifs is 1. The maximum absolute atomic E-state index is 13.0. The first-order chi connectivity index (χ1) is 11.8. The predicted molar refractivity (Wildman–Crippen MR) is 75.5 cm³/mol. The molecule has 25 heavy (non-hydrogen) atoms. The van der Waals surface area contributed by atoms with Gasteiger partial charge in [0.1, 0.15) is 0 Å². The highest BCUT2D eigenvalue weighted by Crippen LogP contribution is 2.50. The van der Waals surface area contributed by atoms with Gasteiger partial charge in [-0.3, -0.25) is 4.79 Å². The van der Waals surface area contributed by atoms with Crippen LogP contribution in [0.5, 0.6) is 0 Å². The van der Waals surface area contributed by atoms with E-state index in [1.807, 2.05) is 0 Å². The molecule has 4 rings (SSSR count). The normalized spacial score (nSPS) is 26.2. The molecule has 0 unspecified atom stereocenters. The third-order valence-corrected chi connectivity index (χ3v) is 5.14. The Bertz CT molecular complexity index is 815. The number of hydrogen-bond donors (Lipinski definition) is 0. The summed E-state index contributed by atoms with van der Waals surface area (Å²) in [5, 5.41) is 7.96. The number of alkyl halides is 3. The van der Waals surface area contributed by atoms with Crippen LogP contribution in [0.3, 0.4) is 0 Å². The summed E-state index contributed by atoms with van der Waals surface area (Å²) in [6, 6.07) is 0. The van der Waals surface area contributed by atoms with Crippen LogP contribution in [0.1, 0.15) is 47.3 Å². The molecule has 7 nitrogen and oxygen atoms in total. The molecule has 1 saturated carbocycles. The van der Waals surface area contributed by atoms with E-state index in [4.69, 9.17) is 4.42 Å². The molecule has 0 N–H and O–H groups in total. The lowest BCUT2D eigenvalue weighted by Gasteiger charge is -2.24. The lowest BCUT2D eigenvalue weighted by Crippen LogP contribution is -2.35. The van der Waals surface area contributed by atoms with Gasteiger partial charge < -0.3 is 13.7 Å². The molecule has 1 aliphatic heterocycles. The number of nitrogens with zero attached hydrogens (tertiary/aromatic N) is 4. The Labute approximate surface area is 140 Å². The topological polar surface area (TPSA) is 85.3 Å². The molecule has 2 fully saturated rings. The number of carbonyl (C=O) groups is 1. The van der Waals surface area contributed by atoms with E-state index in [0.717, 1.165) is 19.3 Å². The molecule has 2 aromatic heterocycles. The summed E-state index contributed by atoms with van der Waals surface area (Å²) in [7, 11) is 0. The highest BCUT2D eigenvalue weighted by atomic mass is 19.4. The Kier molecular flexibility index (Phi) is 3.41. The Balaban J connectivity index is 1.64. The number of carbonyl (C=O) groups excluding carboxylic acids is 1. The summed E-state index contributed by atoms with van der Waals surface area (Å²) in [5.41, 5.74) is -1.19. The van der Waals surface area contributed by atoms with E-state index in [2.05, 4.69) is 19.6 Å². The number of aryl methyl sites for hydroxylation is 1. The number of rotatable bonds is 2. The highest BCUT2D eigenvalue weighted by Gasteiger charge is 2.56. The number of hydrogen-bond acceptors (Lipinski definition) is 6. The van der Waals surface area contributed by atoms with Crippen molar-refractivity contribution in [3.8, 4) is 0 Å². The maximum Gasteiger partial charge on any atom is 0.452 e. The first kappa shape index (κ1) is 16.1. The standard InChI is InChI=1S/C15H15F3N4O3/c1-8-20-21-13(25-8)14-4-2-3-9(14)5-22(6-14)12(23)10-11(15(16,17)18)24-7-19-10/h7,9H,2-6H2,1H3/t9-,14-/m0/s1. The van der Waals surface area contributed by atoms with Crippen LogP contribution >= 0.6 is 0 Å². The molecule has 134 valence electrons. The summed E-state index contributed by atoms with van der Waals surface area (Å²) in [5.74, 6) is -1.18. The summed E-state index contributed by atoms with van der Waals surface area (Å²) < 4.78 is 48.9. The molecule has 0 aromatic carbocycles. The summed E-state index contributed by atoms with van der Waals surface area (Å²) >= 11 is 0. The average molecular weight is 356 g/mol. The van der Waals surface area contributed by atoms with Gasteiger partial charge in [0.25, 0.3) is 5.91 Å². The number of aromatic nitrogens is 3. The minimum Gasteiger partial charge on any atom is -0.438 e. The summed E-state index contributed by atoms with van der Waals surface area (Å²) in [6.07, 6.45) is -1.56. The molecular weight excluding hydrogens is 341 g/mol. The predicted octanol–water partition coefficient (Wildman–Crippen LogP) is 2.58. The Morgan fingerprint density at radius 3 is 2.88 bits per heavy atom. The van der Waals surface area contributed by atoms with Gasteiger partial charge in [-0.15, -0.1) is 10.2 Å². The second-order valence-corrected chi connectivity index (χ2v) is 6.59. The van der Waals surface area contributed by atoms with Gasteiger partial charge in [-0.25, -0.2) is 4.98 Å². The van der Waals surface area contributed by atoms with Gasteiger partial charge >= 0.3 is 6.18 Å². The minimum absolute atomic E-state index is 0.0811. The van der Waals surface area contributed by atoms with E-state index in [9.17, 15) is 18.0 Å². The minimum atomic E-state index is -4.77. The van der Waals surface area contributed by atoms with Crippen LogP contribution in [0.25, 0.3) is 0 Å². The molecule has 1 saturated heterocycles. The maximum atomic E-state index is 13.0. The SMILES string of the molecule is Cc1nnc([C@]23CCC[C@H]2CN(C(=O)c2ncoc2C(F)(F)F)C3)o1. The number of halogens is 3. The van der Waals surface area contributed by atoms with Crippen molar-refractivity contribution in [2.45, 2.75) is 37.8 Å². The molecular formula is C15H15F3N4O3. The monoisotopic (exact) mass is 356 g/mol. The van der Waals surface area contributed by atoms with E-state index >= 15 is 0 Å². The number of likely N-dealkylation sites (tertiary alicyclic amines) is 1. The van der Waals surface area contributed by atoms with Crippen LogP contribution in [0.2, 0.25) is 0 Å². The van der Waals surface area contributed by atoms with Crippen LogP contribution in [-0.4, -0.2) is 39.1 Å². The van der Waals surface area contributed by atoms with Crippen molar-refractivity contribution in [1.82, 2.24) is 20.1 Å². The van der Waals surface area contributed by atoms with Crippen molar-refractivity contribution in [2.75, 3.05) is 13.1 Å². The first-order valence-corrected chi connectivity index (χ1v) is 7.92. The van der Waals surface area contributed by atoms with Crippen LogP contribution < -0.4 is 0 Å². The van der Waals surface area contributed by atoms with Gasteiger partial charge in [0, 0.05) is 20.0 Å². The van der Waals surface area contributed by atoms with Crippen molar-refractivity contribution in [2.24, 2.45) is 5.92 Å². The molecule has 10 heteroatoms. The number of oxazole rings is 1. The van der Waals surface area contributed by atoms with Crippen LogP contribution in [0, 0.1) is 12.8 Å². The molecule has 1 aliphatic carbocycles. The van der Waals surface area contributed by atoms with E-state index < -0.39 is 29.0 Å². The Morgan fingerprint density at radius 1 is 1.40 bits per heavy atom. The molecule has 1 amide bonds. The highest BCUT2D eigenvalue weighted by molar-refractivity contribution is 5.93. The molecule has 0 bridgehead atoms. The van der Waals surface area contributed by atoms with Crippen LogP contribution in [0.4, 0.5) is 13.2 Å². The van der Waals surface area contributed by atoms with Gasteiger partial charge in [-0.2, -0.15) is 13.2 Å². The lowest BCUT2D eigenvalue weighted by atomic mass is 9.80. The largest absolute Gasteiger partial charge is 0.452 e. The first-order valence-electron chi connectivity index (χ1n) is 7.92. The quantitative estimate of drug-likeness (QED) is 0.822. The number of amides is 1. The second kappa shape index (κ2) is 5.30. The Hall–Kier alpha value is -2.39. The fourth-order valence-corrected chi connectivity index (χ4v) is 4.04. The van der Waals surface area contributed by atoms with Crippen molar-refractivity contribution in [3.05, 3.63) is 29.6 Å². The fourth-order valence-electron chi connectivity index (χ4n) is 4.04. The molecule has 2 aromatic rings. The van der Waals surface area contributed by atoms with Crippen molar-refractivity contribution >= 4 is 5.91 Å². The zero-order chi connectivity index (χ0) is 17.8. The molecule has 0 radical (unpaired) electrons. The van der Waals surface area contributed by atoms with Crippen molar-refractivity contribution in [3.63, 3.8) is 0 Å². The fraction of sp³-hybridized carbons (Fsp3) is 0.600. The summed E-state index contributed by atoms with van der Waals surface area (Å²) in [6.45, 7) is 2.26. The zero-order valence-corrected chi connectivity index (χ0v) is 13.3. The zero-order valence-electron chi connectivity index (χ0n) is 13.3. The van der Waals surface area contributed by atoms with E-state index in [0.29, 0.717) is 24.7 Å². The van der Waals surface area contributed by atoms with E-state index in [-0.39, 0.29) is 12.5 Å². The van der Waals surface area contributed by atoms with Crippen molar-refractivity contribution < 1.29 is 26.8 Å². The van der Waals surface area contributed by atoms with Crippen LogP contribution in [-0.2, 0) is 11.6 Å². The molecule has 3 heterocycles. The molecule has 2 atom stereocenters. The van der Waals surface area contributed by atoms with Gasteiger partial charge in [0.2, 0.25) is 17.5 Å². The second-order valence-electron chi connectivity index (χ2n) is 6.59. The molecule has 2 aliphatic rings. The van der Waals surface area contributed by atoms with Gasteiger partial charge in [-0.05, 0) is 18.8 Å². The van der Waals surface area contributed by atoms with E-state index in [1.54, 1.807) is 6.92 Å². The smallest absolute Gasteiger partial charge is 0.438 e. The van der Waals surface area contributed by atoms with E-state index in [1.165, 1.54) is 4.90 Å².